The lowest BCUT2D eigenvalue weighted by molar-refractivity contribution is 0.423. The number of sulfonamides is 1. The molecule has 2 rings (SSSR count). The molecule has 2 aromatic rings. The highest BCUT2D eigenvalue weighted by atomic mass is 32.2. The minimum Gasteiger partial charge on any atom is -0.507 e. The van der Waals surface area contributed by atoms with E-state index in [1.165, 1.54) is 12.1 Å². The van der Waals surface area contributed by atoms with E-state index in [1.54, 1.807) is 24.3 Å². The summed E-state index contributed by atoms with van der Waals surface area (Å²) in [5.41, 5.74) is 7.19. The van der Waals surface area contributed by atoms with E-state index in [2.05, 4.69) is 4.72 Å². The van der Waals surface area contributed by atoms with Crippen LogP contribution in [0.1, 0.15) is 52.7 Å². The van der Waals surface area contributed by atoms with Gasteiger partial charge in [-0.15, -0.1) is 0 Å². The van der Waals surface area contributed by atoms with Gasteiger partial charge in [0.1, 0.15) is 5.75 Å². The van der Waals surface area contributed by atoms with Crippen molar-refractivity contribution in [3.05, 3.63) is 47.5 Å². The number of nitrogen functional groups attached to an aromatic ring is 1. The zero-order valence-electron chi connectivity index (χ0n) is 16.2. The molecule has 0 aliphatic carbocycles. The summed E-state index contributed by atoms with van der Waals surface area (Å²) in [6, 6.07) is 9.52. The van der Waals surface area contributed by atoms with Crippen molar-refractivity contribution in [2.24, 2.45) is 0 Å². The van der Waals surface area contributed by atoms with Gasteiger partial charge in [0.25, 0.3) is 10.0 Å². The average molecular weight is 377 g/mol. The van der Waals surface area contributed by atoms with Gasteiger partial charge in [0.15, 0.2) is 0 Å². The van der Waals surface area contributed by atoms with E-state index in [4.69, 9.17) is 5.73 Å². The lowest BCUT2D eigenvalue weighted by Crippen LogP contribution is -2.19. The Morgan fingerprint density at radius 3 is 1.85 bits per heavy atom. The lowest BCUT2D eigenvalue weighted by atomic mass is 9.79. The fourth-order valence-corrected chi connectivity index (χ4v) is 3.83. The maximum Gasteiger partial charge on any atom is 0.261 e. The summed E-state index contributed by atoms with van der Waals surface area (Å²) < 4.78 is 28.1. The van der Waals surface area contributed by atoms with E-state index in [0.29, 0.717) is 22.5 Å². The molecule has 0 fully saturated rings. The number of phenols is 1. The molecular weight excluding hydrogens is 348 g/mol. The molecule has 0 amide bonds. The van der Waals surface area contributed by atoms with Gasteiger partial charge in [0.05, 0.1) is 4.90 Å². The number of nitrogens with two attached hydrogens (primary N) is 1. The Kier molecular flexibility index (Phi) is 5.03. The van der Waals surface area contributed by atoms with Crippen molar-refractivity contribution in [1.29, 1.82) is 0 Å². The summed E-state index contributed by atoms with van der Waals surface area (Å²) in [6.07, 6.45) is 0. The van der Waals surface area contributed by atoms with Gasteiger partial charge in [0, 0.05) is 22.5 Å². The molecule has 0 aliphatic heterocycles. The number of anilines is 2. The van der Waals surface area contributed by atoms with Crippen molar-refractivity contribution in [2.75, 3.05) is 10.5 Å². The normalized spacial score (nSPS) is 12.8. The molecule has 0 bridgehead atoms. The molecule has 0 saturated heterocycles. The van der Waals surface area contributed by atoms with Crippen LogP contribution in [-0.4, -0.2) is 13.5 Å². The molecule has 26 heavy (non-hydrogen) atoms. The number of phenolic OH excluding ortho intramolecular Hbond substituents is 1. The molecule has 0 heterocycles. The zero-order chi connectivity index (χ0) is 19.9. The average Bonchev–Trinajstić information content (AvgIpc) is 2.46. The quantitative estimate of drug-likeness (QED) is 0.548. The van der Waals surface area contributed by atoms with Crippen molar-refractivity contribution >= 4 is 21.4 Å². The zero-order valence-corrected chi connectivity index (χ0v) is 17.0. The van der Waals surface area contributed by atoms with Gasteiger partial charge in [-0.1, -0.05) is 47.6 Å². The van der Waals surface area contributed by atoms with E-state index < -0.39 is 10.0 Å². The van der Waals surface area contributed by atoms with Gasteiger partial charge in [-0.2, -0.15) is 0 Å². The van der Waals surface area contributed by atoms with Crippen molar-refractivity contribution in [1.82, 2.24) is 0 Å². The largest absolute Gasteiger partial charge is 0.507 e. The topological polar surface area (TPSA) is 92.4 Å². The highest BCUT2D eigenvalue weighted by molar-refractivity contribution is 7.92. The van der Waals surface area contributed by atoms with Gasteiger partial charge in [-0.05, 0) is 41.2 Å². The van der Waals surface area contributed by atoms with Gasteiger partial charge in [0.2, 0.25) is 0 Å². The Bertz CT molecular complexity index is 886. The summed E-state index contributed by atoms with van der Waals surface area (Å²) in [6.45, 7) is 11.9. The molecule has 0 unspecified atom stereocenters. The molecule has 0 radical (unpaired) electrons. The van der Waals surface area contributed by atoms with Crippen molar-refractivity contribution in [3.8, 4) is 5.75 Å². The molecule has 5 nitrogen and oxygen atoms in total. The first-order valence-corrected chi connectivity index (χ1v) is 9.96. The molecule has 0 saturated carbocycles. The van der Waals surface area contributed by atoms with Gasteiger partial charge in [-0.3, -0.25) is 4.72 Å². The predicted molar refractivity (Wildman–Crippen MR) is 107 cm³/mol. The molecule has 142 valence electrons. The highest BCUT2D eigenvalue weighted by Gasteiger charge is 2.27. The summed E-state index contributed by atoms with van der Waals surface area (Å²) in [7, 11) is -3.78. The Labute approximate surface area is 156 Å². The first-order chi connectivity index (χ1) is 11.7. The molecule has 6 heteroatoms. The van der Waals surface area contributed by atoms with Gasteiger partial charge < -0.3 is 10.8 Å². The maximum absolute atomic E-state index is 12.7. The second kappa shape index (κ2) is 6.50. The molecule has 4 N–H and O–H groups in total. The van der Waals surface area contributed by atoms with Crippen LogP contribution in [0.3, 0.4) is 0 Å². The monoisotopic (exact) mass is 376 g/mol. The van der Waals surface area contributed by atoms with Crippen LogP contribution in [0.25, 0.3) is 0 Å². The second-order valence-electron chi connectivity index (χ2n) is 8.60. The number of nitrogens with one attached hydrogen (secondary N) is 1. The minimum absolute atomic E-state index is 0.0974. The van der Waals surface area contributed by atoms with E-state index in [-0.39, 0.29) is 21.5 Å². The molecule has 0 aromatic heterocycles. The summed E-state index contributed by atoms with van der Waals surface area (Å²) in [5.74, 6) is 0.205. The molecular formula is C20H28N2O3S. The lowest BCUT2D eigenvalue weighted by Gasteiger charge is -2.28. The third-order valence-electron chi connectivity index (χ3n) is 4.15. The number of aromatic hydroxyl groups is 1. The number of rotatable bonds is 3. The van der Waals surface area contributed by atoms with Crippen LogP contribution in [0.15, 0.2) is 41.3 Å². The minimum atomic E-state index is -3.78. The van der Waals surface area contributed by atoms with Crippen molar-refractivity contribution in [3.63, 3.8) is 0 Å². The first kappa shape index (κ1) is 20.1. The van der Waals surface area contributed by atoms with E-state index >= 15 is 0 Å². The van der Waals surface area contributed by atoms with E-state index in [0.717, 1.165) is 0 Å². The fraction of sp³-hybridized carbons (Fsp3) is 0.400. The molecule has 2 aromatic carbocycles. The maximum atomic E-state index is 12.7. The van der Waals surface area contributed by atoms with Gasteiger partial charge in [-0.25, -0.2) is 8.42 Å². The fourth-order valence-electron chi connectivity index (χ4n) is 2.73. The highest BCUT2D eigenvalue weighted by Crippen LogP contribution is 2.41. The Balaban J connectivity index is 2.60. The Morgan fingerprint density at radius 2 is 1.42 bits per heavy atom. The summed E-state index contributed by atoms with van der Waals surface area (Å²) in [5, 5.41) is 10.7. The molecule has 0 atom stereocenters. The van der Waals surface area contributed by atoms with E-state index in [1.807, 2.05) is 41.5 Å². The number of hydrogen-bond acceptors (Lipinski definition) is 4. The van der Waals surface area contributed by atoms with E-state index in [9.17, 15) is 13.5 Å². The standard InChI is InChI=1S/C20H28N2O3S/c1-19(2,3)16-11-14(12-17(18(16)23)20(4,5)6)22-26(24,25)15-9-7-8-13(21)10-15/h7-12,22-23H,21H2,1-6H3. The predicted octanol–water partition coefficient (Wildman–Crippen LogP) is 4.37. The summed E-state index contributed by atoms with van der Waals surface area (Å²) >= 11 is 0. The van der Waals surface area contributed by atoms with Crippen LogP contribution in [0.2, 0.25) is 0 Å². The SMILES string of the molecule is CC(C)(C)c1cc(NS(=O)(=O)c2cccc(N)c2)cc(C(C)(C)C)c1O. The van der Waals surface area contributed by atoms with Crippen molar-refractivity contribution < 1.29 is 13.5 Å². The number of benzene rings is 2. The third-order valence-corrected chi connectivity index (χ3v) is 5.53. The Hall–Kier alpha value is -2.21. The molecule has 0 spiro atoms. The van der Waals surface area contributed by atoms with Crippen LogP contribution < -0.4 is 10.5 Å². The van der Waals surface area contributed by atoms with Crippen LogP contribution in [0.4, 0.5) is 11.4 Å². The van der Waals surface area contributed by atoms with Gasteiger partial charge >= 0.3 is 0 Å². The van der Waals surface area contributed by atoms with Crippen LogP contribution in [0, 0.1) is 0 Å². The Morgan fingerprint density at radius 1 is 0.923 bits per heavy atom. The molecule has 0 aliphatic rings. The number of hydrogen-bond donors (Lipinski definition) is 3. The van der Waals surface area contributed by atoms with Crippen LogP contribution in [0.5, 0.6) is 5.75 Å². The third kappa shape index (κ3) is 4.30. The van der Waals surface area contributed by atoms with Crippen molar-refractivity contribution in [2.45, 2.75) is 57.3 Å². The second-order valence-corrected chi connectivity index (χ2v) is 10.3. The first-order valence-electron chi connectivity index (χ1n) is 8.48. The smallest absolute Gasteiger partial charge is 0.261 e. The van der Waals surface area contributed by atoms with Crippen LogP contribution in [-0.2, 0) is 20.9 Å². The summed E-state index contributed by atoms with van der Waals surface area (Å²) in [4.78, 5) is 0.0974. The van der Waals surface area contributed by atoms with Crippen LogP contribution >= 0.6 is 0 Å².